The fourth-order valence-electron chi connectivity index (χ4n) is 2.64. The Bertz CT molecular complexity index is 535. The van der Waals surface area contributed by atoms with E-state index in [0.717, 1.165) is 12.1 Å². The average Bonchev–Trinajstić information content (AvgIpc) is 2.80. The first-order valence-corrected chi connectivity index (χ1v) is 7.05. The van der Waals surface area contributed by atoms with Crippen molar-refractivity contribution in [1.29, 1.82) is 0 Å². The van der Waals surface area contributed by atoms with Gasteiger partial charge in [-0.3, -0.25) is 14.5 Å². The molecule has 2 heterocycles. The Morgan fingerprint density at radius 3 is 2.90 bits per heavy atom. The lowest BCUT2D eigenvalue weighted by Gasteiger charge is -2.14. The van der Waals surface area contributed by atoms with Crippen LogP contribution in [-0.2, 0) is 11.2 Å². The molecule has 1 aromatic rings. The van der Waals surface area contributed by atoms with Gasteiger partial charge in [0, 0.05) is 18.8 Å². The number of carboxylic acids is 1. The van der Waals surface area contributed by atoms with Crippen molar-refractivity contribution in [1.82, 2.24) is 20.2 Å². The van der Waals surface area contributed by atoms with E-state index in [0.29, 0.717) is 24.9 Å². The minimum atomic E-state index is -0.857. The van der Waals surface area contributed by atoms with E-state index in [1.165, 1.54) is 12.5 Å². The van der Waals surface area contributed by atoms with E-state index >= 15 is 0 Å². The second-order valence-electron chi connectivity index (χ2n) is 5.33. The van der Waals surface area contributed by atoms with Crippen molar-refractivity contribution >= 4 is 11.9 Å². The molecule has 1 fully saturated rings. The molecule has 0 aromatic carbocycles. The van der Waals surface area contributed by atoms with Crippen LogP contribution in [0.5, 0.6) is 0 Å². The van der Waals surface area contributed by atoms with Gasteiger partial charge in [-0.25, -0.2) is 9.97 Å². The van der Waals surface area contributed by atoms with Crippen molar-refractivity contribution in [2.24, 2.45) is 0 Å². The molecule has 7 heteroatoms. The summed E-state index contributed by atoms with van der Waals surface area (Å²) in [5.41, 5.74) is 1.20. The molecule has 0 aliphatic carbocycles. The Morgan fingerprint density at radius 2 is 2.29 bits per heavy atom. The molecule has 1 saturated heterocycles. The summed E-state index contributed by atoms with van der Waals surface area (Å²) >= 11 is 0. The number of aliphatic carboxylic acids is 1. The summed E-state index contributed by atoms with van der Waals surface area (Å²) in [5.74, 6) is -1.09. The molecule has 2 atom stereocenters. The predicted molar refractivity (Wildman–Crippen MR) is 76.0 cm³/mol. The lowest BCUT2D eigenvalue weighted by atomic mass is 10.1. The minimum absolute atomic E-state index is 0.168. The molecule has 0 saturated carbocycles. The van der Waals surface area contributed by atoms with E-state index in [1.807, 2.05) is 6.92 Å². The number of nitrogens with one attached hydrogen (secondary N) is 1. The van der Waals surface area contributed by atoms with E-state index in [1.54, 1.807) is 11.9 Å². The summed E-state index contributed by atoms with van der Waals surface area (Å²) in [6.45, 7) is 2.55. The van der Waals surface area contributed by atoms with Crippen molar-refractivity contribution in [2.45, 2.75) is 38.3 Å². The average molecular weight is 292 g/mol. The Morgan fingerprint density at radius 1 is 1.52 bits per heavy atom. The van der Waals surface area contributed by atoms with Crippen molar-refractivity contribution in [3.05, 3.63) is 23.8 Å². The molecule has 1 aliphatic rings. The van der Waals surface area contributed by atoms with Crippen LogP contribution in [0, 0.1) is 0 Å². The summed E-state index contributed by atoms with van der Waals surface area (Å²) < 4.78 is 0. The number of carbonyl (C=O) groups is 2. The number of amides is 1. The maximum absolute atomic E-state index is 12.3. The molecule has 0 spiro atoms. The number of carbonyl (C=O) groups excluding carboxylic acids is 1. The zero-order valence-corrected chi connectivity index (χ0v) is 12.2. The molecule has 114 valence electrons. The zero-order valence-electron chi connectivity index (χ0n) is 12.2. The molecule has 21 heavy (non-hydrogen) atoms. The van der Waals surface area contributed by atoms with Crippen LogP contribution in [0.4, 0.5) is 0 Å². The fourth-order valence-corrected chi connectivity index (χ4v) is 2.64. The van der Waals surface area contributed by atoms with Gasteiger partial charge < -0.3 is 10.4 Å². The lowest BCUT2D eigenvalue weighted by Crippen LogP contribution is -2.37. The van der Waals surface area contributed by atoms with Gasteiger partial charge in [0.15, 0.2) is 0 Å². The van der Waals surface area contributed by atoms with Gasteiger partial charge in [-0.1, -0.05) is 13.3 Å². The van der Waals surface area contributed by atoms with Gasteiger partial charge in [-0.2, -0.15) is 0 Å². The van der Waals surface area contributed by atoms with Gasteiger partial charge in [0.25, 0.3) is 5.91 Å². The Hall–Kier alpha value is -2.02. The zero-order chi connectivity index (χ0) is 15.4. The first kappa shape index (κ1) is 15.4. The second-order valence-corrected chi connectivity index (χ2v) is 5.33. The predicted octanol–water partition coefficient (Wildman–Crippen LogP) is 0.316. The smallest absolute Gasteiger partial charge is 0.320 e. The molecule has 1 aromatic heterocycles. The van der Waals surface area contributed by atoms with Crippen molar-refractivity contribution < 1.29 is 14.7 Å². The highest BCUT2D eigenvalue weighted by Gasteiger charge is 2.35. The first-order chi connectivity index (χ1) is 10.0. The topological polar surface area (TPSA) is 95.4 Å². The standard InChI is InChI=1S/C14H20N4O3/c1-3-4-11-10(6-15-8-16-11)13(19)17-9-5-12(14(20)21)18(2)7-9/h6,8-9,12H,3-5,7H2,1-2H3,(H,17,19)(H,20,21)/t9-,12+/m1/s1. The fraction of sp³-hybridized carbons (Fsp3) is 0.571. The molecule has 2 rings (SSSR count). The van der Waals surface area contributed by atoms with Crippen molar-refractivity contribution in [2.75, 3.05) is 13.6 Å². The molecule has 7 nitrogen and oxygen atoms in total. The van der Waals surface area contributed by atoms with Crippen LogP contribution < -0.4 is 5.32 Å². The molecule has 0 radical (unpaired) electrons. The number of aryl methyl sites for hydroxylation is 1. The maximum Gasteiger partial charge on any atom is 0.320 e. The van der Waals surface area contributed by atoms with Crippen LogP contribution >= 0.6 is 0 Å². The van der Waals surface area contributed by atoms with Gasteiger partial charge in [0.2, 0.25) is 0 Å². The summed E-state index contributed by atoms with van der Waals surface area (Å²) in [6, 6.07) is -0.712. The third kappa shape index (κ3) is 3.55. The maximum atomic E-state index is 12.3. The van der Waals surface area contributed by atoms with Crippen LogP contribution in [0.3, 0.4) is 0 Å². The quantitative estimate of drug-likeness (QED) is 0.811. The van der Waals surface area contributed by atoms with Crippen molar-refractivity contribution in [3.8, 4) is 0 Å². The van der Waals surface area contributed by atoms with Crippen LogP contribution in [0.1, 0.15) is 35.8 Å². The monoisotopic (exact) mass is 292 g/mol. The highest BCUT2D eigenvalue weighted by molar-refractivity contribution is 5.95. The summed E-state index contributed by atoms with van der Waals surface area (Å²) in [4.78, 5) is 33.2. The van der Waals surface area contributed by atoms with Crippen LogP contribution in [-0.4, -0.2) is 57.5 Å². The lowest BCUT2D eigenvalue weighted by molar-refractivity contribution is -0.141. The largest absolute Gasteiger partial charge is 0.480 e. The number of nitrogens with zero attached hydrogens (tertiary/aromatic N) is 3. The van der Waals surface area contributed by atoms with Gasteiger partial charge in [0.1, 0.15) is 12.4 Å². The first-order valence-electron chi connectivity index (χ1n) is 7.05. The van der Waals surface area contributed by atoms with Gasteiger partial charge in [-0.15, -0.1) is 0 Å². The number of likely N-dealkylation sites (tertiary alicyclic amines) is 1. The normalized spacial score (nSPS) is 22.2. The van der Waals surface area contributed by atoms with Gasteiger partial charge in [0.05, 0.1) is 11.3 Å². The minimum Gasteiger partial charge on any atom is -0.480 e. The van der Waals surface area contributed by atoms with E-state index in [-0.39, 0.29) is 11.9 Å². The summed E-state index contributed by atoms with van der Waals surface area (Å²) in [5, 5.41) is 12.0. The molecule has 1 aliphatic heterocycles. The number of likely N-dealkylation sites (N-methyl/N-ethyl adjacent to an activating group) is 1. The van der Waals surface area contributed by atoms with E-state index < -0.39 is 12.0 Å². The van der Waals surface area contributed by atoms with E-state index in [9.17, 15) is 9.59 Å². The third-order valence-corrected chi connectivity index (χ3v) is 3.69. The third-order valence-electron chi connectivity index (χ3n) is 3.69. The molecule has 0 bridgehead atoms. The number of aromatic nitrogens is 2. The van der Waals surface area contributed by atoms with Gasteiger partial charge >= 0.3 is 5.97 Å². The Kier molecular flexibility index (Phi) is 4.85. The van der Waals surface area contributed by atoms with Crippen molar-refractivity contribution in [3.63, 3.8) is 0 Å². The molecular formula is C14H20N4O3. The molecule has 2 N–H and O–H groups in total. The van der Waals surface area contributed by atoms with Gasteiger partial charge in [-0.05, 0) is 19.9 Å². The van der Waals surface area contributed by atoms with Crippen LogP contribution in [0.25, 0.3) is 0 Å². The number of hydrogen-bond donors (Lipinski definition) is 2. The SMILES string of the molecule is CCCc1ncncc1C(=O)N[C@@H]1C[C@@H](C(=O)O)N(C)C1. The molecule has 1 amide bonds. The Balaban J connectivity index is 2.04. The van der Waals surface area contributed by atoms with E-state index in [2.05, 4.69) is 15.3 Å². The molecule has 0 unspecified atom stereocenters. The second kappa shape index (κ2) is 6.62. The molecular weight excluding hydrogens is 272 g/mol. The van der Waals surface area contributed by atoms with Crippen LogP contribution in [0.15, 0.2) is 12.5 Å². The highest BCUT2D eigenvalue weighted by Crippen LogP contribution is 2.17. The Labute approximate surface area is 123 Å². The summed E-state index contributed by atoms with van der Waals surface area (Å²) in [7, 11) is 1.75. The number of carboxylic acid groups (broad SMARTS) is 1. The summed E-state index contributed by atoms with van der Waals surface area (Å²) in [6.07, 6.45) is 4.97. The number of hydrogen-bond acceptors (Lipinski definition) is 5. The number of rotatable bonds is 5. The van der Waals surface area contributed by atoms with Crippen LogP contribution in [0.2, 0.25) is 0 Å². The highest BCUT2D eigenvalue weighted by atomic mass is 16.4. The van der Waals surface area contributed by atoms with E-state index in [4.69, 9.17) is 5.11 Å².